The summed E-state index contributed by atoms with van der Waals surface area (Å²) in [4.78, 5) is 10.8. The monoisotopic (exact) mass is 726 g/mol. The van der Waals surface area contributed by atoms with Gasteiger partial charge in [0.15, 0.2) is 0 Å². The molecule has 0 saturated heterocycles. The molecule has 0 N–H and O–H groups in total. The van der Waals surface area contributed by atoms with E-state index in [9.17, 15) is 0 Å². The predicted octanol–water partition coefficient (Wildman–Crippen LogP) is 13.7. The number of benzene rings is 9. The van der Waals surface area contributed by atoms with E-state index < -0.39 is 0 Å². The van der Waals surface area contributed by atoms with E-state index in [4.69, 9.17) is 14.4 Å². The summed E-state index contributed by atoms with van der Waals surface area (Å²) in [5.74, 6) is 0.631. The van der Waals surface area contributed by atoms with Gasteiger partial charge in [-0.1, -0.05) is 115 Å². The van der Waals surface area contributed by atoms with Crippen LogP contribution in [-0.2, 0) is 0 Å². The Balaban J connectivity index is 1.10. The number of aromatic nitrogens is 4. The Hall–Kier alpha value is -7.76. The number of fused-ring (bicyclic) bond motifs is 14. The maximum Gasteiger partial charge on any atom is 0.235 e. The van der Waals surface area contributed by atoms with E-state index in [0.717, 1.165) is 66.2 Å². The molecule has 0 spiro atoms. The Morgan fingerprint density at radius 1 is 0.368 bits per heavy atom. The maximum atomic E-state index is 6.40. The van der Waals surface area contributed by atoms with E-state index >= 15 is 0 Å². The molecule has 0 aliphatic heterocycles. The molecular formula is C52H30N4O. The van der Waals surface area contributed by atoms with Crippen molar-refractivity contribution in [1.82, 2.24) is 19.1 Å². The van der Waals surface area contributed by atoms with Crippen LogP contribution in [-0.4, -0.2) is 19.1 Å². The fourth-order valence-corrected chi connectivity index (χ4v) is 9.41. The van der Waals surface area contributed by atoms with E-state index in [1.807, 2.05) is 0 Å². The number of para-hydroxylation sites is 3. The molecule has 0 unspecified atom stereocenters. The van der Waals surface area contributed by atoms with Gasteiger partial charge in [-0.25, -0.2) is 9.97 Å². The molecule has 4 heterocycles. The Labute approximate surface area is 325 Å². The summed E-state index contributed by atoms with van der Waals surface area (Å²) in [5, 5.41) is 12.8. The molecule has 4 aromatic heterocycles. The lowest BCUT2D eigenvalue weighted by molar-refractivity contribution is 0.669. The van der Waals surface area contributed by atoms with Crippen LogP contribution in [0.15, 0.2) is 186 Å². The van der Waals surface area contributed by atoms with Crippen LogP contribution in [0.25, 0.3) is 121 Å². The van der Waals surface area contributed by atoms with Crippen molar-refractivity contribution < 1.29 is 4.42 Å². The Bertz CT molecular complexity index is 3780. The number of furan rings is 1. The zero-order valence-electron chi connectivity index (χ0n) is 30.5. The molecule has 264 valence electrons. The van der Waals surface area contributed by atoms with Crippen molar-refractivity contribution >= 4 is 98.0 Å². The molecule has 0 bridgehead atoms. The van der Waals surface area contributed by atoms with Crippen LogP contribution < -0.4 is 0 Å². The van der Waals surface area contributed by atoms with Crippen molar-refractivity contribution in [2.24, 2.45) is 0 Å². The van der Waals surface area contributed by atoms with Gasteiger partial charge >= 0.3 is 0 Å². The van der Waals surface area contributed by atoms with Gasteiger partial charge in [0.1, 0.15) is 11.2 Å². The molecule has 0 saturated carbocycles. The molecule has 5 heteroatoms. The molecule has 13 aromatic rings. The summed E-state index contributed by atoms with van der Waals surface area (Å²) in [7, 11) is 0. The average molecular weight is 727 g/mol. The van der Waals surface area contributed by atoms with Crippen LogP contribution >= 0.6 is 0 Å². The van der Waals surface area contributed by atoms with Gasteiger partial charge in [0, 0.05) is 49.0 Å². The minimum Gasteiger partial charge on any atom is -0.456 e. The number of hydrogen-bond donors (Lipinski definition) is 0. The zero-order valence-corrected chi connectivity index (χ0v) is 30.5. The lowest BCUT2D eigenvalue weighted by Crippen LogP contribution is -2.03. The average Bonchev–Trinajstić information content (AvgIpc) is 3.93. The van der Waals surface area contributed by atoms with Crippen molar-refractivity contribution in [1.29, 1.82) is 0 Å². The number of rotatable bonds is 3. The molecule has 0 fully saturated rings. The summed E-state index contributed by atoms with van der Waals surface area (Å²) in [6.45, 7) is 0. The van der Waals surface area contributed by atoms with Crippen molar-refractivity contribution in [2.75, 3.05) is 0 Å². The first-order valence-corrected chi connectivity index (χ1v) is 19.3. The lowest BCUT2D eigenvalue weighted by atomic mass is 10.0. The molecular weight excluding hydrogens is 697 g/mol. The highest BCUT2D eigenvalue weighted by Gasteiger charge is 2.21. The van der Waals surface area contributed by atoms with Crippen LogP contribution in [0.5, 0.6) is 0 Å². The molecule has 0 aliphatic rings. The fourth-order valence-electron chi connectivity index (χ4n) is 9.41. The molecule has 57 heavy (non-hydrogen) atoms. The minimum atomic E-state index is 0.631. The van der Waals surface area contributed by atoms with E-state index in [1.165, 1.54) is 48.7 Å². The summed E-state index contributed by atoms with van der Waals surface area (Å²) in [6, 6.07) is 64.8. The third-order valence-corrected chi connectivity index (χ3v) is 11.9. The van der Waals surface area contributed by atoms with Gasteiger partial charge in [-0.2, -0.15) is 0 Å². The summed E-state index contributed by atoms with van der Waals surface area (Å²) >= 11 is 0. The van der Waals surface area contributed by atoms with Gasteiger partial charge in [-0.05, 0) is 88.3 Å². The minimum absolute atomic E-state index is 0.631. The van der Waals surface area contributed by atoms with E-state index in [2.05, 4.69) is 191 Å². The van der Waals surface area contributed by atoms with Gasteiger partial charge in [0.2, 0.25) is 5.95 Å². The molecule has 9 aromatic carbocycles. The van der Waals surface area contributed by atoms with Crippen LogP contribution in [0.4, 0.5) is 0 Å². The fraction of sp³-hybridized carbons (Fsp3) is 0. The lowest BCUT2D eigenvalue weighted by Gasteiger charge is -2.12. The van der Waals surface area contributed by atoms with Crippen molar-refractivity contribution in [3.63, 3.8) is 0 Å². The Morgan fingerprint density at radius 3 is 1.74 bits per heavy atom. The molecule has 5 nitrogen and oxygen atoms in total. The van der Waals surface area contributed by atoms with Gasteiger partial charge in [0.25, 0.3) is 0 Å². The number of hydrogen-bond acceptors (Lipinski definition) is 3. The quantitative estimate of drug-likeness (QED) is 0.182. The van der Waals surface area contributed by atoms with Crippen LogP contribution in [0.1, 0.15) is 0 Å². The third kappa shape index (κ3) is 4.28. The topological polar surface area (TPSA) is 48.8 Å². The summed E-state index contributed by atoms with van der Waals surface area (Å²) in [6.07, 6.45) is 0. The van der Waals surface area contributed by atoms with Gasteiger partial charge in [-0.15, -0.1) is 0 Å². The van der Waals surface area contributed by atoms with Crippen LogP contribution in [0.3, 0.4) is 0 Å². The second-order valence-electron chi connectivity index (χ2n) is 14.9. The molecule has 0 radical (unpaired) electrons. The molecule has 0 aliphatic carbocycles. The Morgan fingerprint density at radius 2 is 0.965 bits per heavy atom. The predicted molar refractivity (Wildman–Crippen MR) is 236 cm³/mol. The second-order valence-corrected chi connectivity index (χ2v) is 14.9. The Kier molecular flexibility index (Phi) is 6.10. The highest BCUT2D eigenvalue weighted by molar-refractivity contribution is 6.22. The first-order chi connectivity index (χ1) is 28.3. The van der Waals surface area contributed by atoms with Crippen molar-refractivity contribution in [3.05, 3.63) is 182 Å². The van der Waals surface area contributed by atoms with Crippen molar-refractivity contribution in [2.45, 2.75) is 0 Å². The van der Waals surface area contributed by atoms with Crippen LogP contribution in [0.2, 0.25) is 0 Å². The normalized spacial score (nSPS) is 12.2. The molecule has 0 amide bonds. The standard InChI is InChI=1S/C52H30N4O/c1-3-13-35-31(11-1)21-25-46-49(35)40-30-34(55-43-19-9-6-15-37(43)38-16-7-10-20-44(38)55)24-26-45(40)56(46)52-53-42-18-8-5-17-39(42)51(54-52)33-23-27-47-41(29-33)50-36-14-4-2-12-32(36)22-28-48(50)57-47/h1-30H. The van der Waals surface area contributed by atoms with Crippen molar-refractivity contribution in [3.8, 4) is 22.9 Å². The second kappa shape index (κ2) is 11.4. The van der Waals surface area contributed by atoms with Crippen LogP contribution in [0, 0.1) is 0 Å². The van der Waals surface area contributed by atoms with E-state index in [1.54, 1.807) is 0 Å². The summed E-state index contributed by atoms with van der Waals surface area (Å²) < 4.78 is 11.0. The first-order valence-electron chi connectivity index (χ1n) is 19.3. The largest absolute Gasteiger partial charge is 0.456 e. The highest BCUT2D eigenvalue weighted by Crippen LogP contribution is 2.41. The van der Waals surface area contributed by atoms with Gasteiger partial charge in [0.05, 0.1) is 33.3 Å². The van der Waals surface area contributed by atoms with E-state index in [-0.39, 0.29) is 0 Å². The number of nitrogens with zero attached hydrogens (tertiary/aromatic N) is 4. The van der Waals surface area contributed by atoms with E-state index in [0.29, 0.717) is 5.95 Å². The zero-order chi connectivity index (χ0) is 37.2. The third-order valence-electron chi connectivity index (χ3n) is 11.9. The SMILES string of the molecule is c1ccc2c(c1)ccc1oc3ccc(-c4nc(-n5c6ccc(-n7c8ccccc8c8ccccc87)cc6c6c7ccccc7ccc65)nc5ccccc45)cc3c12. The smallest absolute Gasteiger partial charge is 0.235 e. The molecule has 0 atom stereocenters. The highest BCUT2D eigenvalue weighted by atomic mass is 16.3. The molecule has 13 rings (SSSR count). The summed E-state index contributed by atoms with van der Waals surface area (Å²) in [5.41, 5.74) is 10.1. The van der Waals surface area contributed by atoms with Gasteiger partial charge in [-0.3, -0.25) is 4.57 Å². The maximum absolute atomic E-state index is 6.40. The first kappa shape index (κ1) is 30.6. The van der Waals surface area contributed by atoms with Gasteiger partial charge < -0.3 is 8.98 Å².